The summed E-state index contributed by atoms with van der Waals surface area (Å²) in [5.74, 6) is 0. The van der Waals surface area contributed by atoms with Gasteiger partial charge in [-0.1, -0.05) is 0 Å². The van der Waals surface area contributed by atoms with Gasteiger partial charge in [-0.05, 0) is 51.3 Å². The molecular formula is C14H25ClN4. The zero-order chi connectivity index (χ0) is 12.6. The van der Waals surface area contributed by atoms with Crippen molar-refractivity contribution in [3.05, 3.63) is 18.0 Å². The Morgan fingerprint density at radius 2 is 2.26 bits per heavy atom. The molecule has 1 aromatic rings. The molecule has 108 valence electrons. The average molecular weight is 285 g/mol. The van der Waals surface area contributed by atoms with Crippen LogP contribution in [0, 0.1) is 5.41 Å². The van der Waals surface area contributed by atoms with Gasteiger partial charge in [-0.15, -0.1) is 12.4 Å². The smallest absolute Gasteiger partial charge is 0.0764 e. The Balaban J connectivity index is 0.00000133. The number of nitrogens with zero attached hydrogens (tertiary/aromatic N) is 3. The first-order valence-electron chi connectivity index (χ1n) is 7.14. The van der Waals surface area contributed by atoms with Gasteiger partial charge in [-0.3, -0.25) is 9.58 Å². The lowest BCUT2D eigenvalue weighted by Gasteiger charge is -2.22. The number of nitrogens with one attached hydrogen (secondary N) is 1. The SMILES string of the molecule is CC(C)n1ccc(CN2CCC3(CCNC3)C2)n1.Cl. The second-order valence-corrected chi connectivity index (χ2v) is 6.27. The van der Waals surface area contributed by atoms with Gasteiger partial charge in [0.05, 0.1) is 5.69 Å². The molecule has 0 aliphatic carbocycles. The summed E-state index contributed by atoms with van der Waals surface area (Å²) in [5.41, 5.74) is 1.78. The van der Waals surface area contributed by atoms with Crippen LogP contribution < -0.4 is 5.32 Å². The van der Waals surface area contributed by atoms with Crippen molar-refractivity contribution in [2.24, 2.45) is 5.41 Å². The molecule has 0 aromatic carbocycles. The first-order valence-corrected chi connectivity index (χ1v) is 7.14. The van der Waals surface area contributed by atoms with E-state index >= 15 is 0 Å². The molecule has 0 amide bonds. The van der Waals surface area contributed by atoms with Crippen molar-refractivity contribution in [1.29, 1.82) is 0 Å². The maximum absolute atomic E-state index is 4.65. The fourth-order valence-electron chi connectivity index (χ4n) is 3.28. The molecule has 1 atom stereocenters. The van der Waals surface area contributed by atoms with Crippen LogP contribution in [-0.4, -0.2) is 40.9 Å². The largest absolute Gasteiger partial charge is 0.316 e. The molecule has 2 fully saturated rings. The molecule has 0 radical (unpaired) electrons. The Kier molecular flexibility index (Phi) is 4.54. The van der Waals surface area contributed by atoms with E-state index in [4.69, 9.17) is 0 Å². The Bertz CT molecular complexity index is 409. The molecule has 2 aliphatic rings. The minimum atomic E-state index is 0. The molecule has 2 aliphatic heterocycles. The van der Waals surface area contributed by atoms with E-state index in [-0.39, 0.29) is 12.4 Å². The predicted octanol–water partition coefficient (Wildman–Crippen LogP) is 2.07. The van der Waals surface area contributed by atoms with Crippen molar-refractivity contribution in [1.82, 2.24) is 20.0 Å². The highest BCUT2D eigenvalue weighted by Gasteiger charge is 2.40. The van der Waals surface area contributed by atoms with Crippen LogP contribution in [0.3, 0.4) is 0 Å². The standard InChI is InChI=1S/C14H24N4.ClH/c1-12(2)18-7-3-13(16-18)9-17-8-5-14(11-17)4-6-15-10-14;/h3,7,12,15H,4-6,8-11H2,1-2H3;1H. The van der Waals surface area contributed by atoms with Gasteiger partial charge in [0, 0.05) is 31.9 Å². The van der Waals surface area contributed by atoms with Gasteiger partial charge in [0.2, 0.25) is 0 Å². The monoisotopic (exact) mass is 284 g/mol. The molecule has 0 saturated carbocycles. The van der Waals surface area contributed by atoms with E-state index in [1.54, 1.807) is 0 Å². The van der Waals surface area contributed by atoms with Crippen LogP contribution in [0.25, 0.3) is 0 Å². The van der Waals surface area contributed by atoms with Crippen LogP contribution in [0.2, 0.25) is 0 Å². The summed E-state index contributed by atoms with van der Waals surface area (Å²) in [6, 6.07) is 2.63. The fraction of sp³-hybridized carbons (Fsp3) is 0.786. The van der Waals surface area contributed by atoms with Crippen LogP contribution in [0.5, 0.6) is 0 Å². The summed E-state index contributed by atoms with van der Waals surface area (Å²) < 4.78 is 2.05. The molecule has 19 heavy (non-hydrogen) atoms. The number of aromatic nitrogens is 2. The molecule has 3 rings (SSSR count). The lowest BCUT2D eigenvalue weighted by Crippen LogP contribution is -2.29. The number of hydrogen-bond donors (Lipinski definition) is 1. The van der Waals surface area contributed by atoms with E-state index in [9.17, 15) is 0 Å². The molecule has 4 nitrogen and oxygen atoms in total. The highest BCUT2D eigenvalue weighted by molar-refractivity contribution is 5.85. The Morgan fingerprint density at radius 3 is 2.89 bits per heavy atom. The Hall–Kier alpha value is -0.580. The number of rotatable bonds is 3. The molecule has 1 aromatic heterocycles. The Morgan fingerprint density at radius 1 is 1.42 bits per heavy atom. The van der Waals surface area contributed by atoms with Crippen LogP contribution in [0.15, 0.2) is 12.3 Å². The number of hydrogen-bond acceptors (Lipinski definition) is 3. The minimum absolute atomic E-state index is 0. The molecule has 3 heterocycles. The van der Waals surface area contributed by atoms with Gasteiger partial charge in [-0.25, -0.2) is 0 Å². The van der Waals surface area contributed by atoms with E-state index in [0.29, 0.717) is 11.5 Å². The number of likely N-dealkylation sites (tertiary alicyclic amines) is 1. The average Bonchev–Trinajstić information content (AvgIpc) is 3.03. The molecule has 2 saturated heterocycles. The third-order valence-electron chi connectivity index (χ3n) is 4.43. The van der Waals surface area contributed by atoms with E-state index in [1.807, 2.05) is 0 Å². The molecule has 0 bridgehead atoms. The normalized spacial score (nSPS) is 27.3. The second kappa shape index (κ2) is 5.81. The highest BCUT2D eigenvalue weighted by Crippen LogP contribution is 2.36. The summed E-state index contributed by atoms with van der Waals surface area (Å²) in [5, 5.41) is 8.16. The zero-order valence-electron chi connectivity index (χ0n) is 11.9. The van der Waals surface area contributed by atoms with E-state index in [0.717, 1.165) is 6.54 Å². The van der Waals surface area contributed by atoms with Crippen LogP contribution in [0.1, 0.15) is 38.4 Å². The van der Waals surface area contributed by atoms with Gasteiger partial charge < -0.3 is 5.32 Å². The van der Waals surface area contributed by atoms with Crippen molar-refractivity contribution in [2.75, 3.05) is 26.2 Å². The molecule has 1 unspecified atom stereocenters. The lowest BCUT2D eigenvalue weighted by molar-refractivity contribution is 0.265. The number of halogens is 1. The van der Waals surface area contributed by atoms with Gasteiger partial charge in [-0.2, -0.15) is 5.10 Å². The van der Waals surface area contributed by atoms with Crippen LogP contribution >= 0.6 is 12.4 Å². The van der Waals surface area contributed by atoms with Crippen molar-refractivity contribution in [3.8, 4) is 0 Å². The Labute approximate surface area is 122 Å². The minimum Gasteiger partial charge on any atom is -0.316 e. The molecule has 1 N–H and O–H groups in total. The molecule has 1 spiro atoms. The van der Waals surface area contributed by atoms with Crippen molar-refractivity contribution in [2.45, 2.75) is 39.3 Å². The summed E-state index contributed by atoms with van der Waals surface area (Å²) >= 11 is 0. The van der Waals surface area contributed by atoms with Gasteiger partial charge >= 0.3 is 0 Å². The third kappa shape index (κ3) is 3.12. The van der Waals surface area contributed by atoms with Crippen molar-refractivity contribution < 1.29 is 0 Å². The molecular weight excluding hydrogens is 260 g/mol. The third-order valence-corrected chi connectivity index (χ3v) is 4.43. The van der Waals surface area contributed by atoms with E-state index in [1.165, 1.54) is 44.7 Å². The summed E-state index contributed by atoms with van der Waals surface area (Å²) in [4.78, 5) is 2.57. The first kappa shape index (κ1) is 14.8. The maximum Gasteiger partial charge on any atom is 0.0764 e. The summed E-state index contributed by atoms with van der Waals surface area (Å²) in [6.07, 6.45) is 4.80. The van der Waals surface area contributed by atoms with Crippen molar-refractivity contribution >= 4 is 12.4 Å². The summed E-state index contributed by atoms with van der Waals surface area (Å²) in [7, 11) is 0. The zero-order valence-corrected chi connectivity index (χ0v) is 12.7. The molecule has 5 heteroatoms. The van der Waals surface area contributed by atoms with E-state index < -0.39 is 0 Å². The fourth-order valence-corrected chi connectivity index (χ4v) is 3.28. The van der Waals surface area contributed by atoms with Crippen molar-refractivity contribution in [3.63, 3.8) is 0 Å². The topological polar surface area (TPSA) is 33.1 Å². The van der Waals surface area contributed by atoms with Gasteiger partial charge in [0.25, 0.3) is 0 Å². The second-order valence-electron chi connectivity index (χ2n) is 6.27. The van der Waals surface area contributed by atoms with Gasteiger partial charge in [0.15, 0.2) is 0 Å². The quantitative estimate of drug-likeness (QED) is 0.922. The summed E-state index contributed by atoms with van der Waals surface area (Å²) in [6.45, 7) is 10.3. The first-order chi connectivity index (χ1) is 8.67. The maximum atomic E-state index is 4.65. The van der Waals surface area contributed by atoms with Crippen LogP contribution in [-0.2, 0) is 6.54 Å². The van der Waals surface area contributed by atoms with E-state index in [2.05, 4.69) is 46.1 Å². The van der Waals surface area contributed by atoms with Gasteiger partial charge in [0.1, 0.15) is 0 Å². The lowest BCUT2D eigenvalue weighted by atomic mass is 9.87. The predicted molar refractivity (Wildman–Crippen MR) is 79.7 cm³/mol. The highest BCUT2D eigenvalue weighted by atomic mass is 35.5. The van der Waals surface area contributed by atoms with Crippen LogP contribution in [0.4, 0.5) is 0 Å².